The monoisotopic (exact) mass is 750 g/mol. The maximum atomic E-state index is 5.43. The first-order valence-electron chi connectivity index (χ1n) is 19.5. The summed E-state index contributed by atoms with van der Waals surface area (Å²) in [6, 6.07) is 71.6. The van der Waals surface area contributed by atoms with Gasteiger partial charge >= 0.3 is 0 Å². The highest BCUT2D eigenvalue weighted by Gasteiger charge is 2.25. The van der Waals surface area contributed by atoms with Gasteiger partial charge in [0.15, 0.2) is 0 Å². The van der Waals surface area contributed by atoms with Crippen molar-refractivity contribution in [1.82, 2.24) is 0 Å². The van der Waals surface area contributed by atoms with E-state index in [2.05, 4.69) is 213 Å². The number of nitrogens with zero attached hydrogens (tertiary/aromatic N) is 2. The normalized spacial score (nSPS) is 13.2. The summed E-state index contributed by atoms with van der Waals surface area (Å²) in [6.45, 7) is 6.65. The summed E-state index contributed by atoms with van der Waals surface area (Å²) in [5, 5.41) is 2.45. The van der Waals surface area contributed by atoms with Gasteiger partial charge in [0.1, 0.15) is 0 Å². The van der Waals surface area contributed by atoms with E-state index in [0.29, 0.717) is 0 Å². The Morgan fingerprint density at radius 3 is 1.95 bits per heavy atom. The Kier molecular flexibility index (Phi) is 10.2. The number of fused-ring (bicyclic) bond motifs is 3. The molecule has 1 unspecified atom stereocenters. The Morgan fingerprint density at radius 2 is 1.19 bits per heavy atom. The summed E-state index contributed by atoms with van der Waals surface area (Å²) < 4.78 is 0. The van der Waals surface area contributed by atoms with E-state index >= 15 is 0 Å². The molecule has 0 fully saturated rings. The Hall–Kier alpha value is -6.68. The molecule has 8 aromatic carbocycles. The fourth-order valence-corrected chi connectivity index (χ4v) is 8.78. The Morgan fingerprint density at radius 1 is 0.579 bits per heavy atom. The first-order chi connectivity index (χ1) is 28.1. The molecule has 0 saturated heterocycles. The molecule has 9 rings (SSSR count). The first kappa shape index (κ1) is 36.0. The van der Waals surface area contributed by atoms with Gasteiger partial charge in [-0.3, -0.25) is 4.99 Å². The molecule has 0 amide bonds. The van der Waals surface area contributed by atoms with Crippen LogP contribution in [0.25, 0.3) is 27.5 Å². The number of allylic oxidation sites excluding steroid dienone is 3. The summed E-state index contributed by atoms with van der Waals surface area (Å²) in [7, 11) is 0. The van der Waals surface area contributed by atoms with Crippen LogP contribution in [0.2, 0.25) is 0 Å². The molecule has 8 aromatic rings. The predicted molar refractivity (Wildman–Crippen MR) is 243 cm³/mol. The summed E-state index contributed by atoms with van der Waals surface area (Å²) in [6.07, 6.45) is 2.97. The highest BCUT2D eigenvalue weighted by Crippen LogP contribution is 2.52. The van der Waals surface area contributed by atoms with Gasteiger partial charge in [-0.2, -0.15) is 0 Å². The Labute approximate surface area is 340 Å². The van der Waals surface area contributed by atoms with Crippen LogP contribution < -0.4 is 4.90 Å². The molecule has 1 heterocycles. The van der Waals surface area contributed by atoms with Gasteiger partial charge in [0.05, 0.1) is 11.4 Å². The van der Waals surface area contributed by atoms with Crippen LogP contribution in [0, 0.1) is 0 Å². The SMILES string of the molecule is C=C(/C=C(\N=C(C)c1ccccc1)C(Cc1ccc(-c2ccc3c(c2)N(c2ccccc2)c2ccccc2S3)cc1)c1ccc2ccccc2c1)c1ccccc1. The molecule has 1 aliphatic heterocycles. The second-order valence-electron chi connectivity index (χ2n) is 14.5. The van der Waals surface area contributed by atoms with Crippen LogP contribution in [0.1, 0.15) is 35.1 Å². The van der Waals surface area contributed by atoms with Gasteiger partial charge < -0.3 is 4.90 Å². The van der Waals surface area contributed by atoms with Crippen molar-refractivity contribution < 1.29 is 0 Å². The second kappa shape index (κ2) is 16.2. The van der Waals surface area contributed by atoms with Crippen LogP contribution >= 0.6 is 11.8 Å². The fraction of sp³-hybridized carbons (Fsp3) is 0.0556. The highest BCUT2D eigenvalue weighted by molar-refractivity contribution is 7.99. The zero-order valence-corrected chi connectivity index (χ0v) is 32.7. The lowest BCUT2D eigenvalue weighted by molar-refractivity contribution is 0.777. The van der Waals surface area contributed by atoms with Crippen molar-refractivity contribution in [1.29, 1.82) is 0 Å². The lowest BCUT2D eigenvalue weighted by atomic mass is 9.86. The minimum absolute atomic E-state index is 0.0279. The molecule has 0 saturated carbocycles. The topological polar surface area (TPSA) is 15.6 Å². The largest absolute Gasteiger partial charge is 0.308 e. The zero-order valence-electron chi connectivity index (χ0n) is 31.9. The van der Waals surface area contributed by atoms with Crippen LogP contribution in [0.3, 0.4) is 0 Å². The van der Waals surface area contributed by atoms with Gasteiger partial charge in [-0.05, 0) is 106 Å². The van der Waals surface area contributed by atoms with E-state index in [9.17, 15) is 0 Å². The van der Waals surface area contributed by atoms with Gasteiger partial charge in [0.2, 0.25) is 0 Å². The number of hydrogen-bond donors (Lipinski definition) is 0. The summed E-state index contributed by atoms with van der Waals surface area (Å²) in [5.41, 5.74) is 13.5. The average Bonchev–Trinajstić information content (AvgIpc) is 3.28. The minimum atomic E-state index is -0.0279. The third-order valence-electron chi connectivity index (χ3n) is 10.8. The molecular weight excluding hydrogens is 709 g/mol. The van der Waals surface area contributed by atoms with Crippen LogP contribution in [0.15, 0.2) is 233 Å². The lowest BCUT2D eigenvalue weighted by Gasteiger charge is -2.33. The molecule has 0 aromatic heterocycles. The number of para-hydroxylation sites is 2. The number of anilines is 3. The van der Waals surface area contributed by atoms with E-state index in [1.807, 2.05) is 23.9 Å². The van der Waals surface area contributed by atoms with E-state index in [1.165, 1.54) is 54.2 Å². The van der Waals surface area contributed by atoms with Gasteiger partial charge in [-0.25, -0.2) is 0 Å². The van der Waals surface area contributed by atoms with E-state index in [0.717, 1.165) is 40.2 Å². The summed E-state index contributed by atoms with van der Waals surface area (Å²) >= 11 is 1.84. The first-order valence-corrected chi connectivity index (χ1v) is 20.3. The minimum Gasteiger partial charge on any atom is -0.308 e. The number of rotatable bonds is 10. The molecule has 0 bridgehead atoms. The number of benzene rings is 8. The predicted octanol–water partition coefficient (Wildman–Crippen LogP) is 14.9. The molecular formula is C54H42N2S. The van der Waals surface area contributed by atoms with Crippen molar-refractivity contribution in [3.05, 3.63) is 241 Å². The molecule has 0 aliphatic carbocycles. The summed E-state index contributed by atoms with van der Waals surface area (Å²) in [5.74, 6) is -0.0279. The highest BCUT2D eigenvalue weighted by atomic mass is 32.2. The molecule has 3 heteroatoms. The number of hydrogen-bond acceptors (Lipinski definition) is 3. The van der Waals surface area contributed by atoms with Crippen LogP contribution in [0.5, 0.6) is 0 Å². The van der Waals surface area contributed by atoms with Gasteiger partial charge in [0.25, 0.3) is 0 Å². The molecule has 2 nitrogen and oxygen atoms in total. The molecule has 0 spiro atoms. The third kappa shape index (κ3) is 7.76. The Balaban J connectivity index is 1.10. The van der Waals surface area contributed by atoms with Crippen molar-refractivity contribution in [2.75, 3.05) is 4.90 Å². The Bertz CT molecular complexity index is 2750. The molecule has 0 radical (unpaired) electrons. The van der Waals surface area contributed by atoms with Crippen LogP contribution in [-0.4, -0.2) is 5.71 Å². The third-order valence-corrected chi connectivity index (χ3v) is 11.9. The second-order valence-corrected chi connectivity index (χ2v) is 15.6. The van der Waals surface area contributed by atoms with E-state index in [4.69, 9.17) is 4.99 Å². The summed E-state index contributed by atoms with van der Waals surface area (Å²) in [4.78, 5) is 10.3. The molecule has 57 heavy (non-hydrogen) atoms. The standard InChI is InChI=1S/C54H42N2S/c1-38(41-16-6-3-7-17-41)34-50(55-39(2)42-18-8-4-9-19-42)49(47-31-30-43-20-12-13-21-45(43)36-47)35-40-26-28-44(29-27-40)46-32-33-54-52(37-46)56(48-22-10-5-11-23-48)51-24-14-15-25-53(51)57-54/h3-34,36-37,49H,1,35H2,2H3/b50-34-,55-39?. The van der Waals surface area contributed by atoms with Crippen molar-refractivity contribution in [3.63, 3.8) is 0 Å². The average molecular weight is 751 g/mol. The maximum absolute atomic E-state index is 5.43. The van der Waals surface area contributed by atoms with Gasteiger partial charge in [-0.1, -0.05) is 182 Å². The van der Waals surface area contributed by atoms with E-state index < -0.39 is 0 Å². The van der Waals surface area contributed by atoms with Gasteiger partial charge in [-0.15, -0.1) is 0 Å². The quantitative estimate of drug-likeness (QED) is 0.102. The zero-order chi connectivity index (χ0) is 38.6. The molecule has 1 aliphatic rings. The van der Waals surface area contributed by atoms with Gasteiger partial charge in [0, 0.05) is 32.8 Å². The smallest absolute Gasteiger partial charge is 0.0607 e. The lowest BCUT2D eigenvalue weighted by Crippen LogP contribution is -2.14. The van der Waals surface area contributed by atoms with Crippen LogP contribution in [0.4, 0.5) is 17.1 Å². The van der Waals surface area contributed by atoms with Crippen molar-refractivity contribution in [2.45, 2.75) is 29.1 Å². The fourth-order valence-electron chi connectivity index (χ4n) is 7.74. The van der Waals surface area contributed by atoms with Crippen molar-refractivity contribution in [3.8, 4) is 11.1 Å². The van der Waals surface area contributed by atoms with E-state index in [-0.39, 0.29) is 5.92 Å². The molecule has 1 atom stereocenters. The van der Waals surface area contributed by atoms with Crippen LogP contribution in [-0.2, 0) is 6.42 Å². The maximum Gasteiger partial charge on any atom is 0.0607 e. The van der Waals surface area contributed by atoms with Crippen molar-refractivity contribution >= 4 is 50.9 Å². The number of aliphatic imine (C=N–C) groups is 1. The molecule has 274 valence electrons. The van der Waals surface area contributed by atoms with E-state index in [1.54, 1.807) is 0 Å². The van der Waals surface area contributed by atoms with Crippen molar-refractivity contribution in [2.24, 2.45) is 4.99 Å². The molecule has 0 N–H and O–H groups in total.